The van der Waals surface area contributed by atoms with E-state index in [-0.39, 0.29) is 30.6 Å². The van der Waals surface area contributed by atoms with Gasteiger partial charge >= 0.3 is 0 Å². The Balaban J connectivity index is 1.04. The fourth-order valence-corrected chi connectivity index (χ4v) is 7.58. The summed E-state index contributed by atoms with van der Waals surface area (Å²) in [6, 6.07) is 39.5. The number of unbranched alkanes of at least 4 members (excludes halogenated alkanes) is 2. The molecule has 0 radical (unpaired) electrons. The van der Waals surface area contributed by atoms with Gasteiger partial charge in [-0.2, -0.15) is 0 Å². The van der Waals surface area contributed by atoms with Gasteiger partial charge in [0, 0.05) is 42.0 Å². The molecule has 3 unspecified atom stereocenters. The maximum absolute atomic E-state index is 12.7. The smallest absolute Gasteiger partial charge is 0.224 e. The van der Waals surface area contributed by atoms with Gasteiger partial charge in [0.1, 0.15) is 5.75 Å². The molecule has 10 heteroatoms. The quantitative estimate of drug-likeness (QED) is 0.0420. The van der Waals surface area contributed by atoms with E-state index in [1.54, 1.807) is 31.0 Å². The van der Waals surface area contributed by atoms with Crippen LogP contribution in [0.15, 0.2) is 126 Å². The molecule has 5 aromatic rings. The second kappa shape index (κ2) is 20.0. The van der Waals surface area contributed by atoms with E-state index in [2.05, 4.69) is 41.0 Å². The Kier molecular flexibility index (Phi) is 14.4. The topological polar surface area (TPSA) is 132 Å². The van der Waals surface area contributed by atoms with E-state index in [0.29, 0.717) is 50.0 Å². The van der Waals surface area contributed by atoms with E-state index in [9.17, 15) is 14.7 Å². The third-order valence-corrected chi connectivity index (χ3v) is 10.7. The molecule has 6 rings (SSSR count). The van der Waals surface area contributed by atoms with Gasteiger partial charge in [0.25, 0.3) is 0 Å². The van der Waals surface area contributed by atoms with Gasteiger partial charge in [0.2, 0.25) is 11.8 Å². The van der Waals surface area contributed by atoms with Crippen molar-refractivity contribution < 1.29 is 28.9 Å². The van der Waals surface area contributed by atoms with Crippen LogP contribution in [-0.4, -0.2) is 35.9 Å². The van der Waals surface area contributed by atoms with Crippen LogP contribution in [0.5, 0.6) is 5.75 Å². The molecule has 0 saturated carbocycles. The first-order valence-electron chi connectivity index (χ1n) is 18.7. The summed E-state index contributed by atoms with van der Waals surface area (Å²) in [6.07, 6.45) is 2.79. The van der Waals surface area contributed by atoms with Gasteiger partial charge in [-0.05, 0) is 77.1 Å². The maximum atomic E-state index is 12.7. The number of carbonyl (C=O) groups excluding carboxylic acids is 2. The number of methoxy groups -OCH3 is 1. The number of benzene rings is 5. The van der Waals surface area contributed by atoms with Gasteiger partial charge in [-0.1, -0.05) is 91.3 Å². The van der Waals surface area contributed by atoms with Crippen molar-refractivity contribution in [2.24, 2.45) is 0 Å². The van der Waals surface area contributed by atoms with Gasteiger partial charge in [-0.15, -0.1) is 11.8 Å². The Morgan fingerprint density at radius 2 is 1.51 bits per heavy atom. The zero-order chi connectivity index (χ0) is 38.4. The Bertz CT molecular complexity index is 2020. The molecule has 1 aliphatic heterocycles. The first-order chi connectivity index (χ1) is 26.9. The number of hydrogen-bond donors (Lipinski definition) is 4. The highest BCUT2D eigenvalue weighted by Gasteiger charge is 2.32. The SMILES string of the molecule is COc1ccccc1SCC1CC(c2ccc(CO)cc2)OC(c2cccc(-c3cccc(CNC(=O)CCCCCC(=O)Nc4ccccc4N)c3)c2)O1. The van der Waals surface area contributed by atoms with Gasteiger partial charge in [0.15, 0.2) is 6.29 Å². The zero-order valence-electron chi connectivity index (χ0n) is 31.1. The first kappa shape index (κ1) is 39.6. The van der Waals surface area contributed by atoms with Crippen LogP contribution >= 0.6 is 11.8 Å². The van der Waals surface area contributed by atoms with Crippen LogP contribution in [0.4, 0.5) is 11.4 Å². The highest BCUT2D eigenvalue weighted by molar-refractivity contribution is 7.99. The number of nitrogens with one attached hydrogen (secondary N) is 2. The molecular weight excluding hydrogens is 711 g/mol. The summed E-state index contributed by atoms with van der Waals surface area (Å²) in [4.78, 5) is 26.0. The minimum absolute atomic E-state index is 0.00830. The molecule has 1 aliphatic rings. The standard InChI is InChI=1S/C45H49N3O6S/c1-52-40-17-7-8-18-42(40)55-30-37-27-41(33-23-21-31(29-49)22-24-33)54-45(53-37)36-14-10-13-35(26-36)34-12-9-11-32(25-34)28-47-43(50)19-3-2-4-20-44(51)48-39-16-6-5-15-38(39)46/h5-18,21-26,37,41,45,49H,2-4,19-20,27-30,46H2,1H3,(H,47,50)(H,48,51). The van der Waals surface area contributed by atoms with E-state index < -0.39 is 6.29 Å². The van der Waals surface area contributed by atoms with Crippen molar-refractivity contribution in [2.45, 2.75) is 75.1 Å². The predicted octanol–water partition coefficient (Wildman–Crippen LogP) is 8.98. The van der Waals surface area contributed by atoms with Crippen LogP contribution in [-0.2, 0) is 32.2 Å². The summed E-state index contributed by atoms with van der Waals surface area (Å²) >= 11 is 1.71. The van der Waals surface area contributed by atoms with Gasteiger partial charge in [0.05, 0.1) is 37.3 Å². The van der Waals surface area contributed by atoms with Crippen LogP contribution in [0.3, 0.4) is 0 Å². The molecule has 2 amide bonds. The van der Waals surface area contributed by atoms with E-state index in [4.69, 9.17) is 19.9 Å². The van der Waals surface area contributed by atoms with Crippen LogP contribution in [0.1, 0.15) is 73.2 Å². The van der Waals surface area contributed by atoms with Crippen molar-refractivity contribution in [3.63, 3.8) is 0 Å². The van der Waals surface area contributed by atoms with E-state index >= 15 is 0 Å². The van der Waals surface area contributed by atoms with Crippen LogP contribution in [0.25, 0.3) is 11.1 Å². The summed E-state index contributed by atoms with van der Waals surface area (Å²) < 4.78 is 18.9. The van der Waals surface area contributed by atoms with Crippen molar-refractivity contribution in [2.75, 3.05) is 23.9 Å². The maximum Gasteiger partial charge on any atom is 0.224 e. The summed E-state index contributed by atoms with van der Waals surface area (Å²) in [5.74, 6) is 1.47. The van der Waals surface area contributed by atoms with Crippen molar-refractivity contribution in [1.29, 1.82) is 0 Å². The van der Waals surface area contributed by atoms with Crippen molar-refractivity contribution in [3.05, 3.63) is 144 Å². The molecule has 1 heterocycles. The highest BCUT2D eigenvalue weighted by Crippen LogP contribution is 2.41. The minimum Gasteiger partial charge on any atom is -0.496 e. The summed E-state index contributed by atoms with van der Waals surface area (Å²) in [6.45, 7) is 0.413. The lowest BCUT2D eigenvalue weighted by molar-refractivity contribution is -0.245. The average molecular weight is 760 g/mol. The molecule has 0 aliphatic carbocycles. The number of amides is 2. The normalized spacial score (nSPS) is 16.7. The Morgan fingerprint density at radius 1 is 0.782 bits per heavy atom. The summed E-state index contributed by atoms with van der Waals surface area (Å²) in [5.41, 5.74) is 12.9. The number of rotatable bonds is 17. The number of carbonyl (C=O) groups is 2. The second-order valence-corrected chi connectivity index (χ2v) is 14.7. The molecule has 1 saturated heterocycles. The van der Waals surface area contributed by atoms with Gasteiger partial charge in [-0.25, -0.2) is 0 Å². The number of para-hydroxylation sites is 3. The molecule has 0 bridgehead atoms. The number of ether oxygens (including phenoxy) is 3. The molecule has 3 atom stereocenters. The molecule has 55 heavy (non-hydrogen) atoms. The third kappa shape index (κ3) is 11.4. The summed E-state index contributed by atoms with van der Waals surface area (Å²) in [5, 5.41) is 15.5. The highest BCUT2D eigenvalue weighted by atomic mass is 32.2. The largest absolute Gasteiger partial charge is 0.496 e. The van der Waals surface area contributed by atoms with Gasteiger partial charge in [-0.3, -0.25) is 9.59 Å². The predicted molar refractivity (Wildman–Crippen MR) is 218 cm³/mol. The van der Waals surface area contributed by atoms with Crippen LogP contribution in [0.2, 0.25) is 0 Å². The van der Waals surface area contributed by atoms with Crippen LogP contribution in [0, 0.1) is 0 Å². The molecule has 5 N–H and O–H groups in total. The van der Waals surface area contributed by atoms with E-state index in [0.717, 1.165) is 56.2 Å². The van der Waals surface area contributed by atoms with Crippen molar-refractivity contribution in [3.8, 4) is 16.9 Å². The number of anilines is 2. The van der Waals surface area contributed by atoms with Crippen molar-refractivity contribution in [1.82, 2.24) is 5.32 Å². The number of nitrogen functional groups attached to an aromatic ring is 1. The van der Waals surface area contributed by atoms with Crippen molar-refractivity contribution >= 4 is 35.0 Å². The minimum atomic E-state index is -0.584. The lowest BCUT2D eigenvalue weighted by atomic mass is 9.99. The molecular formula is C45H49N3O6S. The fourth-order valence-electron chi connectivity index (χ4n) is 6.53. The molecule has 0 spiro atoms. The zero-order valence-corrected chi connectivity index (χ0v) is 31.9. The third-order valence-electron chi connectivity index (χ3n) is 9.56. The number of nitrogens with two attached hydrogens (primary N) is 1. The Hall–Kier alpha value is -5.13. The lowest BCUT2D eigenvalue weighted by Gasteiger charge is -2.36. The van der Waals surface area contributed by atoms with Crippen LogP contribution < -0.4 is 21.1 Å². The Labute approximate surface area is 327 Å². The number of thioether (sulfide) groups is 1. The number of aliphatic hydroxyl groups is 1. The molecule has 0 aromatic heterocycles. The Morgan fingerprint density at radius 3 is 2.29 bits per heavy atom. The number of aliphatic hydroxyl groups excluding tert-OH is 1. The average Bonchev–Trinajstić information content (AvgIpc) is 3.23. The number of hydrogen-bond acceptors (Lipinski definition) is 8. The van der Waals surface area contributed by atoms with Gasteiger partial charge < -0.3 is 35.7 Å². The van der Waals surface area contributed by atoms with E-state index in [1.807, 2.05) is 78.9 Å². The summed E-state index contributed by atoms with van der Waals surface area (Å²) in [7, 11) is 1.69. The monoisotopic (exact) mass is 759 g/mol. The molecule has 1 fully saturated rings. The second-order valence-electron chi connectivity index (χ2n) is 13.6. The molecule has 286 valence electrons. The van der Waals surface area contributed by atoms with E-state index in [1.165, 1.54) is 0 Å². The lowest BCUT2D eigenvalue weighted by Crippen LogP contribution is -2.31. The fraction of sp³-hybridized carbons (Fsp3) is 0.289. The molecule has 5 aromatic carbocycles. The molecule has 9 nitrogen and oxygen atoms in total. The first-order valence-corrected chi connectivity index (χ1v) is 19.7.